The van der Waals surface area contributed by atoms with Crippen LogP contribution in [0.1, 0.15) is 19.3 Å². The molecule has 5 heteroatoms. The lowest BCUT2D eigenvalue weighted by atomic mass is 9.89. The molecule has 19 heavy (non-hydrogen) atoms. The molecule has 1 aromatic carbocycles. The van der Waals surface area contributed by atoms with Crippen molar-refractivity contribution in [3.05, 3.63) is 30.1 Å². The lowest BCUT2D eigenvalue weighted by Crippen LogP contribution is -2.52. The van der Waals surface area contributed by atoms with Gasteiger partial charge in [0.1, 0.15) is 5.82 Å². The number of halogens is 1. The van der Waals surface area contributed by atoms with Gasteiger partial charge in [-0.3, -0.25) is 4.99 Å². The minimum atomic E-state index is -0.257. The number of anilines is 1. The van der Waals surface area contributed by atoms with E-state index in [-0.39, 0.29) is 11.4 Å². The Labute approximate surface area is 112 Å². The summed E-state index contributed by atoms with van der Waals surface area (Å²) in [5, 5.41) is 0. The van der Waals surface area contributed by atoms with Crippen molar-refractivity contribution in [3.8, 4) is 0 Å². The lowest BCUT2D eigenvalue weighted by Gasteiger charge is -2.38. The highest BCUT2D eigenvalue weighted by molar-refractivity contribution is 5.98. The van der Waals surface area contributed by atoms with Gasteiger partial charge in [-0.15, -0.1) is 0 Å². The maximum Gasteiger partial charge on any atom is 0.196 e. The minimum Gasteiger partial charge on any atom is -0.381 e. The summed E-state index contributed by atoms with van der Waals surface area (Å²) in [6, 6.07) is 6.73. The molecule has 0 radical (unpaired) electrons. The average Bonchev–Trinajstić information content (AvgIpc) is 2.60. The number of nitrogens with zero attached hydrogens (tertiary/aromatic N) is 2. The van der Waals surface area contributed by atoms with E-state index in [4.69, 9.17) is 10.5 Å². The number of hydrogen-bond acceptors (Lipinski definition) is 4. The molecule has 2 aliphatic heterocycles. The van der Waals surface area contributed by atoms with Crippen molar-refractivity contribution in [2.24, 2.45) is 10.7 Å². The molecule has 1 aromatic rings. The predicted molar refractivity (Wildman–Crippen MR) is 72.8 cm³/mol. The van der Waals surface area contributed by atoms with Crippen LogP contribution in [0.3, 0.4) is 0 Å². The van der Waals surface area contributed by atoms with Gasteiger partial charge in [0.25, 0.3) is 0 Å². The summed E-state index contributed by atoms with van der Waals surface area (Å²) in [6.45, 7) is 2.05. The normalized spacial score (nSPS) is 27.4. The summed E-state index contributed by atoms with van der Waals surface area (Å²) in [7, 11) is 0. The number of ether oxygens (including phenoxy) is 1. The molecule has 2 aliphatic rings. The van der Waals surface area contributed by atoms with Crippen molar-refractivity contribution >= 4 is 11.6 Å². The summed E-state index contributed by atoms with van der Waals surface area (Å²) in [4.78, 5) is 6.22. The van der Waals surface area contributed by atoms with E-state index < -0.39 is 0 Å². The Kier molecular flexibility index (Phi) is 3.14. The molecule has 0 amide bonds. The first-order chi connectivity index (χ1) is 9.23. The van der Waals surface area contributed by atoms with Crippen LogP contribution in [0, 0.1) is 5.82 Å². The zero-order valence-electron chi connectivity index (χ0n) is 10.8. The third kappa shape index (κ3) is 2.08. The molecule has 2 N–H and O–H groups in total. The van der Waals surface area contributed by atoms with Crippen LogP contribution in [-0.4, -0.2) is 31.3 Å². The highest BCUT2D eigenvalue weighted by Crippen LogP contribution is 2.37. The Morgan fingerprint density at radius 1 is 1.26 bits per heavy atom. The fraction of sp³-hybridized carbons (Fsp3) is 0.500. The number of nitrogens with two attached hydrogens (primary N) is 1. The van der Waals surface area contributed by atoms with Gasteiger partial charge in [-0.25, -0.2) is 4.39 Å². The third-order valence-electron chi connectivity index (χ3n) is 3.97. The standard InChI is InChI=1S/C14H18FN3O/c15-11-4-1-2-5-12(11)18-13(16)17-10-14(18)6-3-8-19-9-7-14/h1-2,4-5H,3,6-10H2,(H2,16,17). The molecule has 1 fully saturated rings. The molecular weight excluding hydrogens is 245 g/mol. The van der Waals surface area contributed by atoms with Crippen molar-refractivity contribution in [1.82, 2.24) is 0 Å². The SMILES string of the molecule is NC1=NCC2(CCCOCC2)N1c1ccccc1F. The van der Waals surface area contributed by atoms with Crippen LogP contribution in [0.15, 0.2) is 29.3 Å². The van der Waals surface area contributed by atoms with Gasteiger partial charge in [0, 0.05) is 13.2 Å². The van der Waals surface area contributed by atoms with E-state index in [2.05, 4.69) is 4.99 Å². The molecule has 0 bridgehead atoms. The summed E-state index contributed by atoms with van der Waals surface area (Å²) < 4.78 is 19.6. The van der Waals surface area contributed by atoms with Crippen LogP contribution in [0.2, 0.25) is 0 Å². The van der Waals surface area contributed by atoms with E-state index >= 15 is 0 Å². The molecule has 1 spiro atoms. The summed E-state index contributed by atoms with van der Waals surface area (Å²) in [5.74, 6) is 0.152. The highest BCUT2D eigenvalue weighted by atomic mass is 19.1. The van der Waals surface area contributed by atoms with Gasteiger partial charge in [0.2, 0.25) is 0 Å². The maximum absolute atomic E-state index is 14.1. The number of para-hydroxylation sites is 1. The number of hydrogen-bond donors (Lipinski definition) is 1. The van der Waals surface area contributed by atoms with Crippen LogP contribution in [0.4, 0.5) is 10.1 Å². The molecule has 2 heterocycles. The molecule has 0 saturated carbocycles. The summed E-state index contributed by atoms with van der Waals surface area (Å²) in [5.41, 5.74) is 6.30. The molecular formula is C14H18FN3O. The first-order valence-corrected chi connectivity index (χ1v) is 6.65. The van der Waals surface area contributed by atoms with Crippen molar-refractivity contribution in [3.63, 3.8) is 0 Å². The van der Waals surface area contributed by atoms with Gasteiger partial charge in [0.15, 0.2) is 5.96 Å². The number of rotatable bonds is 1. The molecule has 3 rings (SSSR count). The summed E-state index contributed by atoms with van der Waals surface area (Å²) >= 11 is 0. The Morgan fingerprint density at radius 2 is 2.11 bits per heavy atom. The van der Waals surface area contributed by atoms with E-state index in [0.717, 1.165) is 25.9 Å². The largest absolute Gasteiger partial charge is 0.381 e. The Balaban J connectivity index is 2.00. The summed E-state index contributed by atoms with van der Waals surface area (Å²) in [6.07, 6.45) is 2.70. The fourth-order valence-corrected chi connectivity index (χ4v) is 3.00. The first kappa shape index (κ1) is 12.4. The molecule has 102 valence electrons. The van der Waals surface area contributed by atoms with Gasteiger partial charge < -0.3 is 15.4 Å². The van der Waals surface area contributed by atoms with Crippen LogP contribution < -0.4 is 10.6 Å². The van der Waals surface area contributed by atoms with E-state index in [9.17, 15) is 4.39 Å². The van der Waals surface area contributed by atoms with E-state index in [1.165, 1.54) is 6.07 Å². The smallest absolute Gasteiger partial charge is 0.196 e. The molecule has 1 atom stereocenters. The van der Waals surface area contributed by atoms with Crippen molar-refractivity contribution in [1.29, 1.82) is 0 Å². The quantitative estimate of drug-likeness (QED) is 0.842. The lowest BCUT2D eigenvalue weighted by molar-refractivity contribution is 0.140. The van der Waals surface area contributed by atoms with Crippen molar-refractivity contribution < 1.29 is 9.13 Å². The first-order valence-electron chi connectivity index (χ1n) is 6.65. The molecule has 4 nitrogen and oxygen atoms in total. The predicted octanol–water partition coefficient (Wildman–Crippen LogP) is 1.90. The Bertz CT molecular complexity index is 495. The van der Waals surface area contributed by atoms with Crippen molar-refractivity contribution in [2.75, 3.05) is 24.7 Å². The second-order valence-corrected chi connectivity index (χ2v) is 5.15. The van der Waals surface area contributed by atoms with Gasteiger partial charge in [0.05, 0.1) is 17.8 Å². The van der Waals surface area contributed by atoms with E-state index in [1.807, 2.05) is 11.0 Å². The van der Waals surface area contributed by atoms with E-state index in [1.54, 1.807) is 12.1 Å². The Morgan fingerprint density at radius 3 is 2.95 bits per heavy atom. The van der Waals surface area contributed by atoms with Gasteiger partial charge >= 0.3 is 0 Å². The van der Waals surface area contributed by atoms with Gasteiger partial charge in [-0.1, -0.05) is 12.1 Å². The van der Waals surface area contributed by atoms with Crippen LogP contribution in [-0.2, 0) is 4.74 Å². The number of aliphatic imine (C=N–C) groups is 1. The van der Waals surface area contributed by atoms with Crippen molar-refractivity contribution in [2.45, 2.75) is 24.8 Å². The van der Waals surface area contributed by atoms with Crippen LogP contribution >= 0.6 is 0 Å². The van der Waals surface area contributed by atoms with Crippen LogP contribution in [0.5, 0.6) is 0 Å². The van der Waals surface area contributed by atoms with Gasteiger partial charge in [-0.2, -0.15) is 0 Å². The highest BCUT2D eigenvalue weighted by Gasteiger charge is 2.44. The second-order valence-electron chi connectivity index (χ2n) is 5.15. The van der Waals surface area contributed by atoms with Gasteiger partial charge in [-0.05, 0) is 31.4 Å². The molecule has 1 unspecified atom stereocenters. The zero-order valence-corrected chi connectivity index (χ0v) is 10.8. The molecule has 0 aromatic heterocycles. The van der Waals surface area contributed by atoms with E-state index in [0.29, 0.717) is 24.8 Å². The minimum absolute atomic E-state index is 0.219. The fourth-order valence-electron chi connectivity index (χ4n) is 3.00. The Hall–Kier alpha value is -1.62. The van der Waals surface area contributed by atoms with Crippen LogP contribution in [0.25, 0.3) is 0 Å². The number of benzene rings is 1. The number of guanidine groups is 1. The third-order valence-corrected chi connectivity index (χ3v) is 3.97. The second kappa shape index (κ2) is 4.81. The monoisotopic (exact) mass is 263 g/mol. The topological polar surface area (TPSA) is 50.9 Å². The maximum atomic E-state index is 14.1. The zero-order chi connectivity index (χ0) is 13.3. The molecule has 0 aliphatic carbocycles. The average molecular weight is 263 g/mol. The molecule has 1 saturated heterocycles.